The Labute approximate surface area is 102 Å². The minimum atomic E-state index is -0.351. The standard InChI is InChI=1S/C12H10BrFO2/c1-2-16-12(15)5-3-4-9-6-7-11(14)10(13)8-9/h6-8H,2,5H2,1H3. The molecule has 0 aromatic heterocycles. The van der Waals surface area contributed by atoms with Crippen LogP contribution in [0.3, 0.4) is 0 Å². The molecule has 0 aliphatic heterocycles. The van der Waals surface area contributed by atoms with Gasteiger partial charge in [-0.3, -0.25) is 4.79 Å². The van der Waals surface area contributed by atoms with Gasteiger partial charge in [0.05, 0.1) is 11.1 Å². The first-order chi connectivity index (χ1) is 7.63. The normalized spacial score (nSPS) is 9.19. The second-order valence-electron chi connectivity index (χ2n) is 2.91. The summed E-state index contributed by atoms with van der Waals surface area (Å²) >= 11 is 3.06. The summed E-state index contributed by atoms with van der Waals surface area (Å²) in [5, 5.41) is 0. The SMILES string of the molecule is CCOC(=O)CC#Cc1ccc(F)c(Br)c1. The van der Waals surface area contributed by atoms with Gasteiger partial charge in [-0.05, 0) is 41.1 Å². The van der Waals surface area contributed by atoms with Crippen molar-refractivity contribution in [2.24, 2.45) is 0 Å². The van der Waals surface area contributed by atoms with Gasteiger partial charge in [-0.15, -0.1) is 0 Å². The zero-order valence-corrected chi connectivity index (χ0v) is 10.3. The van der Waals surface area contributed by atoms with E-state index in [1.54, 1.807) is 19.1 Å². The summed E-state index contributed by atoms with van der Waals surface area (Å²) in [5.41, 5.74) is 0.651. The fourth-order valence-electron chi connectivity index (χ4n) is 1.00. The number of esters is 1. The number of carbonyl (C=O) groups is 1. The zero-order chi connectivity index (χ0) is 12.0. The lowest BCUT2D eigenvalue weighted by Gasteiger charge is -1.95. The van der Waals surface area contributed by atoms with Gasteiger partial charge in [0.15, 0.2) is 0 Å². The highest BCUT2D eigenvalue weighted by Crippen LogP contribution is 2.16. The number of rotatable bonds is 2. The van der Waals surface area contributed by atoms with Crippen LogP contribution in [0.5, 0.6) is 0 Å². The van der Waals surface area contributed by atoms with E-state index in [1.165, 1.54) is 6.07 Å². The van der Waals surface area contributed by atoms with E-state index < -0.39 is 0 Å². The summed E-state index contributed by atoms with van der Waals surface area (Å²) in [6, 6.07) is 4.43. The maximum Gasteiger partial charge on any atom is 0.317 e. The third-order valence-corrected chi connectivity index (χ3v) is 2.30. The molecule has 0 saturated carbocycles. The fraction of sp³-hybridized carbons (Fsp3) is 0.250. The molecule has 2 nitrogen and oxygen atoms in total. The third kappa shape index (κ3) is 4.03. The number of benzene rings is 1. The summed E-state index contributed by atoms with van der Waals surface area (Å²) in [7, 11) is 0. The highest BCUT2D eigenvalue weighted by Gasteiger charge is 1.99. The average molecular weight is 285 g/mol. The van der Waals surface area contributed by atoms with E-state index in [0.29, 0.717) is 16.6 Å². The molecule has 0 N–H and O–H groups in total. The fourth-order valence-corrected chi connectivity index (χ4v) is 1.38. The first-order valence-corrected chi connectivity index (χ1v) is 5.52. The van der Waals surface area contributed by atoms with Gasteiger partial charge in [-0.2, -0.15) is 0 Å². The monoisotopic (exact) mass is 284 g/mol. The molecular weight excluding hydrogens is 275 g/mol. The van der Waals surface area contributed by atoms with E-state index in [9.17, 15) is 9.18 Å². The molecule has 0 fully saturated rings. The molecule has 4 heteroatoms. The molecule has 0 saturated heterocycles. The van der Waals surface area contributed by atoms with Gasteiger partial charge < -0.3 is 4.74 Å². The molecule has 16 heavy (non-hydrogen) atoms. The van der Waals surface area contributed by atoms with Crippen LogP contribution >= 0.6 is 15.9 Å². The van der Waals surface area contributed by atoms with Crippen LogP contribution in [0.25, 0.3) is 0 Å². The predicted molar refractivity (Wildman–Crippen MR) is 62.2 cm³/mol. The number of hydrogen-bond acceptors (Lipinski definition) is 2. The number of hydrogen-bond donors (Lipinski definition) is 0. The molecule has 0 spiro atoms. The molecule has 0 aliphatic carbocycles. The summed E-state index contributed by atoms with van der Waals surface area (Å²) < 4.78 is 17.9. The van der Waals surface area contributed by atoms with E-state index in [1.807, 2.05) is 0 Å². The Morgan fingerprint density at radius 2 is 2.31 bits per heavy atom. The van der Waals surface area contributed by atoms with Crippen LogP contribution < -0.4 is 0 Å². The van der Waals surface area contributed by atoms with Crippen molar-refractivity contribution in [3.05, 3.63) is 34.1 Å². The van der Waals surface area contributed by atoms with Crippen molar-refractivity contribution >= 4 is 21.9 Å². The van der Waals surface area contributed by atoms with Crippen LogP contribution in [0.15, 0.2) is 22.7 Å². The highest BCUT2D eigenvalue weighted by molar-refractivity contribution is 9.10. The Bertz CT molecular complexity index is 446. The van der Waals surface area contributed by atoms with Crippen LogP contribution in [0, 0.1) is 17.7 Å². The molecule has 1 rings (SSSR count). The van der Waals surface area contributed by atoms with Gasteiger partial charge in [0.2, 0.25) is 0 Å². The minimum Gasteiger partial charge on any atom is -0.465 e. The van der Waals surface area contributed by atoms with E-state index >= 15 is 0 Å². The summed E-state index contributed by atoms with van der Waals surface area (Å²) in [5.74, 6) is 4.73. The molecule has 0 radical (unpaired) electrons. The van der Waals surface area contributed by atoms with Crippen molar-refractivity contribution in [2.75, 3.05) is 6.61 Å². The Kier molecular flexibility index (Phi) is 5.00. The van der Waals surface area contributed by atoms with Crippen LogP contribution in [-0.4, -0.2) is 12.6 Å². The van der Waals surface area contributed by atoms with Crippen molar-refractivity contribution < 1.29 is 13.9 Å². The smallest absolute Gasteiger partial charge is 0.317 e. The largest absolute Gasteiger partial charge is 0.465 e. The maximum atomic E-state index is 12.9. The number of ether oxygens (including phenoxy) is 1. The quantitative estimate of drug-likeness (QED) is 0.617. The highest BCUT2D eigenvalue weighted by atomic mass is 79.9. The average Bonchev–Trinajstić information content (AvgIpc) is 2.24. The zero-order valence-electron chi connectivity index (χ0n) is 8.72. The lowest BCUT2D eigenvalue weighted by atomic mass is 10.2. The molecular formula is C12H10BrFO2. The molecule has 0 unspecified atom stereocenters. The van der Waals surface area contributed by atoms with Crippen LogP contribution in [0.2, 0.25) is 0 Å². The van der Waals surface area contributed by atoms with Crippen molar-refractivity contribution in [1.82, 2.24) is 0 Å². The second-order valence-corrected chi connectivity index (χ2v) is 3.77. The van der Waals surface area contributed by atoms with Crippen LogP contribution in [-0.2, 0) is 9.53 Å². The van der Waals surface area contributed by atoms with Crippen LogP contribution in [0.1, 0.15) is 18.9 Å². The molecule has 1 aromatic rings. The Morgan fingerprint density at radius 3 is 2.94 bits per heavy atom. The minimum absolute atomic E-state index is 0.0445. The van der Waals surface area contributed by atoms with Gasteiger partial charge in [-0.25, -0.2) is 4.39 Å². The summed E-state index contributed by atoms with van der Waals surface area (Å²) in [4.78, 5) is 11.0. The third-order valence-electron chi connectivity index (χ3n) is 1.69. The lowest BCUT2D eigenvalue weighted by Crippen LogP contribution is -2.01. The van der Waals surface area contributed by atoms with E-state index in [-0.39, 0.29) is 18.2 Å². The van der Waals surface area contributed by atoms with E-state index in [0.717, 1.165) is 0 Å². The van der Waals surface area contributed by atoms with Crippen molar-refractivity contribution in [1.29, 1.82) is 0 Å². The molecule has 1 aromatic carbocycles. The number of carbonyl (C=O) groups excluding carboxylic acids is 1. The summed E-state index contributed by atoms with van der Waals surface area (Å²) in [6.45, 7) is 2.09. The molecule has 0 heterocycles. The predicted octanol–water partition coefficient (Wildman–Crippen LogP) is 2.89. The first-order valence-electron chi connectivity index (χ1n) is 4.73. The molecule has 84 valence electrons. The molecule has 0 atom stereocenters. The molecule has 0 amide bonds. The van der Waals surface area contributed by atoms with Crippen molar-refractivity contribution in [3.8, 4) is 11.8 Å². The van der Waals surface area contributed by atoms with Gasteiger partial charge in [-0.1, -0.05) is 11.8 Å². The Balaban J connectivity index is 2.63. The van der Waals surface area contributed by atoms with Crippen LogP contribution in [0.4, 0.5) is 4.39 Å². The Morgan fingerprint density at radius 1 is 1.56 bits per heavy atom. The van der Waals surface area contributed by atoms with Gasteiger partial charge in [0.25, 0.3) is 0 Å². The van der Waals surface area contributed by atoms with Gasteiger partial charge >= 0.3 is 5.97 Å². The van der Waals surface area contributed by atoms with E-state index in [4.69, 9.17) is 4.74 Å². The van der Waals surface area contributed by atoms with Gasteiger partial charge in [0.1, 0.15) is 12.2 Å². The Hall–Kier alpha value is -1.34. The van der Waals surface area contributed by atoms with Crippen molar-refractivity contribution in [3.63, 3.8) is 0 Å². The molecule has 0 bridgehead atoms. The van der Waals surface area contributed by atoms with E-state index in [2.05, 4.69) is 27.8 Å². The number of halogens is 2. The lowest BCUT2D eigenvalue weighted by molar-refractivity contribution is -0.141. The second kappa shape index (κ2) is 6.29. The maximum absolute atomic E-state index is 12.9. The first kappa shape index (κ1) is 12.7. The van der Waals surface area contributed by atoms with Gasteiger partial charge in [0, 0.05) is 5.56 Å². The summed E-state index contributed by atoms with van der Waals surface area (Å²) in [6.07, 6.45) is 0.0445. The molecule has 0 aliphatic rings. The van der Waals surface area contributed by atoms with Crippen molar-refractivity contribution in [2.45, 2.75) is 13.3 Å². The topological polar surface area (TPSA) is 26.3 Å².